The van der Waals surface area contributed by atoms with E-state index in [9.17, 15) is 24.9 Å². The van der Waals surface area contributed by atoms with Crippen molar-refractivity contribution in [3.63, 3.8) is 0 Å². The lowest BCUT2D eigenvalue weighted by Crippen LogP contribution is -2.64. The van der Waals surface area contributed by atoms with Gasteiger partial charge in [-0.25, -0.2) is 0 Å². The predicted octanol–water partition coefficient (Wildman–Crippen LogP) is -1.43. The van der Waals surface area contributed by atoms with Gasteiger partial charge in [0.05, 0.1) is 13.7 Å². The number of carbonyl (C=O) groups excluding carboxylic acids is 2. The van der Waals surface area contributed by atoms with Gasteiger partial charge in [-0.15, -0.1) is 0 Å². The van der Waals surface area contributed by atoms with Crippen LogP contribution in [0.1, 0.15) is 23.2 Å². The number of hydrogen-bond donors (Lipinski definition) is 5. The maximum atomic E-state index is 12.1. The van der Waals surface area contributed by atoms with Crippen LogP contribution in [0, 0.1) is 0 Å². The van der Waals surface area contributed by atoms with Crippen LogP contribution in [-0.2, 0) is 9.53 Å². The normalized spacial score (nSPS) is 28.4. The van der Waals surface area contributed by atoms with Crippen LogP contribution in [0.5, 0.6) is 5.75 Å². The van der Waals surface area contributed by atoms with E-state index < -0.39 is 43.2 Å². The van der Waals surface area contributed by atoms with Crippen molar-refractivity contribution in [2.24, 2.45) is 0 Å². The van der Waals surface area contributed by atoms with Crippen molar-refractivity contribution in [3.8, 4) is 5.75 Å². The topological polar surface area (TPSA) is 146 Å². The highest BCUT2D eigenvalue weighted by Crippen LogP contribution is 2.20. The summed E-state index contributed by atoms with van der Waals surface area (Å²) in [7, 11) is 1.51. The lowest BCUT2D eigenvalue weighted by atomic mass is 9.97. The van der Waals surface area contributed by atoms with Crippen LogP contribution < -0.4 is 10.1 Å². The quantitative estimate of drug-likeness (QED) is 0.368. The molecule has 1 aromatic rings. The molecule has 1 saturated heterocycles. The van der Waals surface area contributed by atoms with E-state index in [0.29, 0.717) is 11.3 Å². The molecule has 5 N–H and O–H groups in total. The van der Waals surface area contributed by atoms with Gasteiger partial charge in [0.2, 0.25) is 5.91 Å². The van der Waals surface area contributed by atoms with Gasteiger partial charge in [0.15, 0.2) is 12.1 Å². The Hall–Kier alpha value is -2.04. The average Bonchev–Trinajstić information content (AvgIpc) is 2.66. The van der Waals surface area contributed by atoms with E-state index in [1.165, 1.54) is 7.11 Å². The fraction of sp³-hybridized carbons (Fsp3) is 0.529. The Morgan fingerprint density at radius 2 is 1.77 bits per heavy atom. The maximum absolute atomic E-state index is 12.1. The third-order valence-electron chi connectivity index (χ3n) is 4.22. The van der Waals surface area contributed by atoms with E-state index in [-0.39, 0.29) is 18.6 Å². The maximum Gasteiger partial charge on any atom is 0.220 e. The molecular formula is C17H23NO8. The average molecular weight is 369 g/mol. The minimum absolute atomic E-state index is 0.0697. The number of carbonyl (C=O) groups is 2. The fourth-order valence-electron chi connectivity index (χ4n) is 2.66. The van der Waals surface area contributed by atoms with E-state index in [1.54, 1.807) is 24.3 Å². The molecule has 1 aromatic carbocycles. The summed E-state index contributed by atoms with van der Waals surface area (Å²) >= 11 is 0. The number of Topliss-reactive ketones (excluding diaryl/α,β-unsaturated/α-hetero) is 1. The summed E-state index contributed by atoms with van der Waals surface area (Å²) in [5.74, 6) is -0.225. The van der Waals surface area contributed by atoms with Gasteiger partial charge in [0, 0.05) is 18.4 Å². The minimum Gasteiger partial charge on any atom is -0.497 e. The molecular weight excluding hydrogens is 346 g/mol. The second-order valence-corrected chi connectivity index (χ2v) is 5.97. The third kappa shape index (κ3) is 4.77. The van der Waals surface area contributed by atoms with E-state index in [4.69, 9.17) is 14.6 Å². The Kier molecular flexibility index (Phi) is 7.06. The Bertz CT molecular complexity index is 620. The number of ether oxygens (including phenoxy) is 2. The number of methoxy groups -OCH3 is 1. The summed E-state index contributed by atoms with van der Waals surface area (Å²) in [4.78, 5) is 24.1. The second-order valence-electron chi connectivity index (χ2n) is 5.97. The second kappa shape index (κ2) is 9.06. The molecule has 1 amide bonds. The van der Waals surface area contributed by atoms with Crippen molar-refractivity contribution in [2.45, 2.75) is 43.5 Å². The largest absolute Gasteiger partial charge is 0.497 e. The number of ketones is 1. The highest BCUT2D eigenvalue weighted by atomic mass is 16.6. The number of nitrogens with one attached hydrogen (secondary N) is 1. The standard InChI is InChI=1S/C17H23NO8/c1-25-10-4-2-9(3-5-10)11(20)6-7-13(21)18-14-16(23)15(22)12(8-19)26-17(14)24/h2-5,12,14-17,19,22-24H,6-8H2,1H3,(H,18,21)/t12-,14?,15?,16-,17?/m1/s1. The van der Waals surface area contributed by atoms with E-state index in [2.05, 4.69) is 5.32 Å². The summed E-state index contributed by atoms with van der Waals surface area (Å²) < 4.78 is 9.96. The van der Waals surface area contributed by atoms with Crippen molar-refractivity contribution in [3.05, 3.63) is 29.8 Å². The summed E-state index contributed by atoms with van der Waals surface area (Å²) in [6.07, 6.45) is -5.96. The Balaban J connectivity index is 1.86. The fourth-order valence-corrected chi connectivity index (χ4v) is 2.66. The zero-order valence-electron chi connectivity index (χ0n) is 14.2. The van der Waals surface area contributed by atoms with Crippen molar-refractivity contribution in [2.75, 3.05) is 13.7 Å². The summed E-state index contributed by atoms with van der Waals surface area (Å²) in [5, 5.41) is 40.9. The predicted molar refractivity (Wildman–Crippen MR) is 88.5 cm³/mol. The van der Waals surface area contributed by atoms with Crippen molar-refractivity contribution < 1.29 is 39.5 Å². The van der Waals surface area contributed by atoms with Crippen molar-refractivity contribution in [1.29, 1.82) is 0 Å². The highest BCUT2D eigenvalue weighted by molar-refractivity contribution is 5.98. The molecule has 26 heavy (non-hydrogen) atoms. The van der Waals surface area contributed by atoms with Gasteiger partial charge in [-0.2, -0.15) is 0 Å². The molecule has 1 fully saturated rings. The highest BCUT2D eigenvalue weighted by Gasteiger charge is 2.44. The number of aliphatic hydroxyl groups is 4. The summed E-state index contributed by atoms with van der Waals surface area (Å²) in [6, 6.07) is 5.19. The van der Waals surface area contributed by atoms with Gasteiger partial charge in [-0.3, -0.25) is 9.59 Å². The Labute approximate surface area is 150 Å². The smallest absolute Gasteiger partial charge is 0.220 e. The number of rotatable bonds is 7. The van der Waals surface area contributed by atoms with Gasteiger partial charge in [0.1, 0.15) is 30.1 Å². The molecule has 5 atom stereocenters. The van der Waals surface area contributed by atoms with Crippen LogP contribution in [-0.4, -0.2) is 76.5 Å². The zero-order valence-corrected chi connectivity index (χ0v) is 14.2. The van der Waals surface area contributed by atoms with Crippen LogP contribution >= 0.6 is 0 Å². The van der Waals surface area contributed by atoms with Crippen LogP contribution in [0.15, 0.2) is 24.3 Å². The van der Waals surface area contributed by atoms with Gasteiger partial charge < -0.3 is 35.2 Å². The van der Waals surface area contributed by atoms with E-state index in [0.717, 1.165) is 0 Å². The number of hydrogen-bond acceptors (Lipinski definition) is 8. The first kappa shape index (κ1) is 20.3. The molecule has 0 bridgehead atoms. The molecule has 9 nitrogen and oxygen atoms in total. The molecule has 1 aliphatic heterocycles. The lowest BCUT2D eigenvalue weighted by Gasteiger charge is -2.40. The molecule has 2 rings (SSSR count). The van der Waals surface area contributed by atoms with Gasteiger partial charge in [-0.05, 0) is 24.3 Å². The van der Waals surface area contributed by atoms with Gasteiger partial charge >= 0.3 is 0 Å². The molecule has 3 unspecified atom stereocenters. The SMILES string of the molecule is COc1ccc(C(=O)CCC(=O)NC2C(O)O[C@H](CO)C(O)[C@@H]2O)cc1. The molecule has 144 valence electrons. The monoisotopic (exact) mass is 369 g/mol. The molecule has 0 aliphatic carbocycles. The first-order chi connectivity index (χ1) is 12.4. The van der Waals surface area contributed by atoms with Crippen molar-refractivity contribution in [1.82, 2.24) is 5.32 Å². The number of benzene rings is 1. The Morgan fingerprint density at radius 3 is 2.35 bits per heavy atom. The third-order valence-corrected chi connectivity index (χ3v) is 4.22. The first-order valence-corrected chi connectivity index (χ1v) is 8.14. The minimum atomic E-state index is -1.59. The lowest BCUT2D eigenvalue weighted by molar-refractivity contribution is -0.253. The number of amides is 1. The van der Waals surface area contributed by atoms with Crippen LogP contribution in [0.25, 0.3) is 0 Å². The van der Waals surface area contributed by atoms with E-state index in [1.807, 2.05) is 0 Å². The summed E-state index contributed by atoms with van der Waals surface area (Å²) in [6.45, 7) is -0.591. The molecule has 0 aromatic heterocycles. The molecule has 1 aliphatic rings. The van der Waals surface area contributed by atoms with Gasteiger partial charge in [0.25, 0.3) is 0 Å². The van der Waals surface area contributed by atoms with Crippen LogP contribution in [0.3, 0.4) is 0 Å². The molecule has 0 spiro atoms. The van der Waals surface area contributed by atoms with Crippen LogP contribution in [0.4, 0.5) is 0 Å². The van der Waals surface area contributed by atoms with Crippen LogP contribution in [0.2, 0.25) is 0 Å². The number of aliphatic hydroxyl groups excluding tert-OH is 4. The molecule has 1 heterocycles. The molecule has 9 heteroatoms. The first-order valence-electron chi connectivity index (χ1n) is 8.14. The van der Waals surface area contributed by atoms with Gasteiger partial charge in [-0.1, -0.05) is 0 Å². The molecule has 0 saturated carbocycles. The summed E-state index contributed by atoms with van der Waals surface area (Å²) in [5.41, 5.74) is 0.431. The molecule has 0 radical (unpaired) electrons. The Morgan fingerprint density at radius 1 is 1.12 bits per heavy atom. The zero-order chi connectivity index (χ0) is 19.3. The van der Waals surface area contributed by atoms with E-state index >= 15 is 0 Å². The van der Waals surface area contributed by atoms with Crippen molar-refractivity contribution >= 4 is 11.7 Å².